The lowest BCUT2D eigenvalue weighted by Crippen LogP contribution is -2.47. The van der Waals surface area contributed by atoms with Crippen molar-refractivity contribution in [2.24, 2.45) is 0 Å². The van der Waals surface area contributed by atoms with E-state index in [0.29, 0.717) is 0 Å². The maximum absolute atomic E-state index is 4.67. The molecule has 0 aromatic carbocycles. The Morgan fingerprint density at radius 1 is 1.00 bits per heavy atom. The Kier molecular flexibility index (Phi) is 4.28. The van der Waals surface area contributed by atoms with Crippen LogP contribution in [-0.4, -0.2) is 51.3 Å². The number of aromatic nitrogens is 5. The van der Waals surface area contributed by atoms with E-state index in [9.17, 15) is 0 Å². The van der Waals surface area contributed by atoms with Gasteiger partial charge in [-0.25, -0.2) is 9.97 Å². The number of pyridine rings is 1. The van der Waals surface area contributed by atoms with Gasteiger partial charge in [0.1, 0.15) is 11.6 Å². The SMILES string of the molecule is Cc1nc(C)c(C)c(N2CCN(c3cc(-c4cccnc4)[nH]n3)CC2)n1. The maximum Gasteiger partial charge on any atom is 0.151 e. The predicted octanol–water partition coefficient (Wildman–Crippen LogP) is 2.51. The average molecular weight is 349 g/mol. The molecule has 1 N–H and O–H groups in total. The van der Waals surface area contributed by atoms with Crippen LogP contribution in [0.2, 0.25) is 0 Å². The zero-order chi connectivity index (χ0) is 18.1. The van der Waals surface area contributed by atoms with Gasteiger partial charge in [0.2, 0.25) is 0 Å². The number of hydrogen-bond acceptors (Lipinski definition) is 6. The van der Waals surface area contributed by atoms with Gasteiger partial charge in [0.05, 0.1) is 5.69 Å². The third-order valence-electron chi connectivity index (χ3n) is 4.92. The number of aryl methyl sites for hydroxylation is 2. The summed E-state index contributed by atoms with van der Waals surface area (Å²) in [4.78, 5) is 17.9. The summed E-state index contributed by atoms with van der Waals surface area (Å²) in [5, 5.41) is 7.61. The Bertz CT molecular complexity index is 896. The van der Waals surface area contributed by atoms with Crippen LogP contribution in [0.15, 0.2) is 30.6 Å². The van der Waals surface area contributed by atoms with Crippen LogP contribution in [0.5, 0.6) is 0 Å². The first-order chi connectivity index (χ1) is 12.6. The van der Waals surface area contributed by atoms with Gasteiger partial charge in [-0.2, -0.15) is 5.10 Å². The molecular formula is C19H23N7. The molecule has 0 radical (unpaired) electrons. The molecule has 1 fully saturated rings. The van der Waals surface area contributed by atoms with Gasteiger partial charge < -0.3 is 9.80 Å². The lowest BCUT2D eigenvalue weighted by atomic mass is 10.2. The molecule has 4 rings (SSSR count). The summed E-state index contributed by atoms with van der Waals surface area (Å²) >= 11 is 0. The fourth-order valence-corrected chi connectivity index (χ4v) is 3.35. The zero-order valence-electron chi connectivity index (χ0n) is 15.4. The molecule has 3 aromatic heterocycles. The first kappa shape index (κ1) is 16.5. The second kappa shape index (κ2) is 6.74. The molecule has 0 unspecified atom stereocenters. The average Bonchev–Trinajstić information content (AvgIpc) is 3.16. The standard InChI is InChI=1S/C19H23N7/c1-13-14(2)21-15(3)22-19(13)26-9-7-25(8-10-26)18-11-17(23-24-18)16-5-4-6-20-12-16/h4-6,11-12H,7-10H2,1-3H3,(H,23,24). The van der Waals surface area contributed by atoms with E-state index >= 15 is 0 Å². The van der Waals surface area contributed by atoms with Crippen LogP contribution in [0, 0.1) is 20.8 Å². The highest BCUT2D eigenvalue weighted by molar-refractivity contribution is 5.62. The molecule has 26 heavy (non-hydrogen) atoms. The minimum absolute atomic E-state index is 0.832. The molecule has 1 saturated heterocycles. The Hall–Kier alpha value is -2.96. The third kappa shape index (κ3) is 3.12. The van der Waals surface area contributed by atoms with E-state index < -0.39 is 0 Å². The quantitative estimate of drug-likeness (QED) is 0.783. The van der Waals surface area contributed by atoms with Gasteiger partial charge in [0.25, 0.3) is 0 Å². The van der Waals surface area contributed by atoms with Crippen LogP contribution in [0.3, 0.4) is 0 Å². The van der Waals surface area contributed by atoms with Crippen molar-refractivity contribution in [3.8, 4) is 11.3 Å². The number of nitrogens with one attached hydrogen (secondary N) is 1. The molecule has 4 heterocycles. The summed E-state index contributed by atoms with van der Waals surface area (Å²) in [5.41, 5.74) is 4.27. The minimum atomic E-state index is 0.832. The number of aromatic amines is 1. The molecule has 0 atom stereocenters. The largest absolute Gasteiger partial charge is 0.353 e. The van der Waals surface area contributed by atoms with E-state index in [0.717, 1.165) is 60.6 Å². The fraction of sp³-hybridized carbons (Fsp3) is 0.368. The highest BCUT2D eigenvalue weighted by Crippen LogP contribution is 2.24. The molecule has 0 aliphatic carbocycles. The molecule has 0 saturated carbocycles. The Balaban J connectivity index is 1.47. The summed E-state index contributed by atoms with van der Waals surface area (Å²) in [5.74, 6) is 2.88. The van der Waals surface area contributed by atoms with Crippen molar-refractivity contribution in [1.29, 1.82) is 0 Å². The molecule has 1 aliphatic rings. The number of anilines is 2. The van der Waals surface area contributed by atoms with Gasteiger partial charge in [0, 0.05) is 61.5 Å². The van der Waals surface area contributed by atoms with Crippen LogP contribution in [0.4, 0.5) is 11.6 Å². The number of H-pyrrole nitrogens is 1. The van der Waals surface area contributed by atoms with E-state index in [-0.39, 0.29) is 0 Å². The highest BCUT2D eigenvalue weighted by Gasteiger charge is 2.22. The monoisotopic (exact) mass is 349 g/mol. The van der Waals surface area contributed by atoms with E-state index in [1.165, 1.54) is 5.56 Å². The van der Waals surface area contributed by atoms with Crippen LogP contribution < -0.4 is 9.80 Å². The summed E-state index contributed by atoms with van der Waals surface area (Å²) < 4.78 is 0. The van der Waals surface area contributed by atoms with Gasteiger partial charge in [-0.05, 0) is 32.9 Å². The third-order valence-corrected chi connectivity index (χ3v) is 4.92. The van der Waals surface area contributed by atoms with Crippen molar-refractivity contribution >= 4 is 11.6 Å². The van der Waals surface area contributed by atoms with E-state index in [1.54, 1.807) is 6.20 Å². The molecule has 0 amide bonds. The molecule has 7 heteroatoms. The van der Waals surface area contributed by atoms with Crippen molar-refractivity contribution in [2.45, 2.75) is 20.8 Å². The highest BCUT2D eigenvalue weighted by atomic mass is 15.3. The van der Waals surface area contributed by atoms with Crippen LogP contribution in [0.1, 0.15) is 17.1 Å². The van der Waals surface area contributed by atoms with Crippen LogP contribution in [-0.2, 0) is 0 Å². The second-order valence-electron chi connectivity index (χ2n) is 6.66. The smallest absolute Gasteiger partial charge is 0.151 e. The lowest BCUT2D eigenvalue weighted by Gasteiger charge is -2.36. The molecule has 7 nitrogen and oxygen atoms in total. The van der Waals surface area contributed by atoms with Crippen molar-refractivity contribution < 1.29 is 0 Å². The van der Waals surface area contributed by atoms with Crippen molar-refractivity contribution in [2.75, 3.05) is 36.0 Å². The number of piperazine rings is 1. The first-order valence-corrected chi connectivity index (χ1v) is 8.89. The summed E-state index contributed by atoms with van der Waals surface area (Å²) in [6.45, 7) is 9.78. The Morgan fingerprint density at radius 2 is 1.77 bits per heavy atom. The number of rotatable bonds is 3. The lowest BCUT2D eigenvalue weighted by molar-refractivity contribution is 0.637. The van der Waals surface area contributed by atoms with E-state index in [2.05, 4.69) is 47.9 Å². The van der Waals surface area contributed by atoms with Crippen LogP contribution in [0.25, 0.3) is 11.3 Å². The molecule has 3 aromatic rings. The van der Waals surface area contributed by atoms with E-state index in [4.69, 9.17) is 0 Å². The molecule has 0 spiro atoms. The molecular weight excluding hydrogens is 326 g/mol. The van der Waals surface area contributed by atoms with Crippen molar-refractivity contribution in [1.82, 2.24) is 25.1 Å². The fourth-order valence-electron chi connectivity index (χ4n) is 3.35. The predicted molar refractivity (Wildman–Crippen MR) is 102 cm³/mol. The minimum Gasteiger partial charge on any atom is -0.353 e. The van der Waals surface area contributed by atoms with Crippen molar-refractivity contribution in [3.63, 3.8) is 0 Å². The summed E-state index contributed by atoms with van der Waals surface area (Å²) in [7, 11) is 0. The maximum atomic E-state index is 4.67. The Morgan fingerprint density at radius 3 is 2.50 bits per heavy atom. The van der Waals surface area contributed by atoms with Crippen LogP contribution >= 0.6 is 0 Å². The van der Waals surface area contributed by atoms with Crippen molar-refractivity contribution in [3.05, 3.63) is 47.7 Å². The van der Waals surface area contributed by atoms with Gasteiger partial charge in [-0.15, -0.1) is 0 Å². The van der Waals surface area contributed by atoms with Gasteiger partial charge in [-0.1, -0.05) is 0 Å². The molecule has 1 aliphatic heterocycles. The number of hydrogen-bond donors (Lipinski definition) is 1. The summed E-state index contributed by atoms with van der Waals surface area (Å²) in [6, 6.07) is 6.06. The molecule has 0 bridgehead atoms. The summed E-state index contributed by atoms with van der Waals surface area (Å²) in [6.07, 6.45) is 3.62. The molecule has 134 valence electrons. The normalized spacial score (nSPS) is 14.7. The topological polar surface area (TPSA) is 73.8 Å². The van der Waals surface area contributed by atoms with Gasteiger partial charge in [-0.3, -0.25) is 10.1 Å². The zero-order valence-corrected chi connectivity index (χ0v) is 15.4. The van der Waals surface area contributed by atoms with Gasteiger partial charge in [0.15, 0.2) is 5.82 Å². The Labute approximate surface area is 153 Å². The van der Waals surface area contributed by atoms with Gasteiger partial charge >= 0.3 is 0 Å². The second-order valence-corrected chi connectivity index (χ2v) is 6.66. The first-order valence-electron chi connectivity index (χ1n) is 8.89. The number of nitrogens with zero attached hydrogens (tertiary/aromatic N) is 6. The van der Waals surface area contributed by atoms with E-state index in [1.807, 2.05) is 32.2 Å².